The minimum atomic E-state index is -0.0767. The predicted molar refractivity (Wildman–Crippen MR) is 100 cm³/mol. The van der Waals surface area contributed by atoms with Crippen LogP contribution in [-0.4, -0.2) is 28.5 Å². The van der Waals surface area contributed by atoms with Crippen molar-refractivity contribution >= 4 is 17.5 Å². The van der Waals surface area contributed by atoms with Crippen molar-refractivity contribution in [3.63, 3.8) is 0 Å². The number of nitrogens with zero attached hydrogens (tertiary/aromatic N) is 2. The van der Waals surface area contributed by atoms with Crippen molar-refractivity contribution in [3.8, 4) is 17.0 Å². The summed E-state index contributed by atoms with van der Waals surface area (Å²) in [6.45, 7) is 0.515. The first-order valence-corrected chi connectivity index (χ1v) is 9.61. The molecule has 1 aliphatic heterocycles. The molecule has 1 N–H and O–H groups in total. The number of hydrogen-bond acceptors (Lipinski definition) is 4. The summed E-state index contributed by atoms with van der Waals surface area (Å²) in [4.78, 5) is 20.8. The Morgan fingerprint density at radius 2 is 2.08 bits per heavy atom. The van der Waals surface area contributed by atoms with Crippen LogP contribution in [0.1, 0.15) is 37.7 Å². The van der Waals surface area contributed by atoms with Gasteiger partial charge in [0.05, 0.1) is 23.5 Å². The normalized spacial score (nSPS) is 19.7. The number of amides is 1. The Morgan fingerprint density at radius 1 is 1.23 bits per heavy atom. The van der Waals surface area contributed by atoms with Gasteiger partial charge >= 0.3 is 0 Å². The molecule has 1 saturated carbocycles. The summed E-state index contributed by atoms with van der Waals surface area (Å²) in [5.41, 5.74) is 2.76. The summed E-state index contributed by atoms with van der Waals surface area (Å²) < 4.78 is 5.98. The first kappa shape index (κ1) is 17.3. The summed E-state index contributed by atoms with van der Waals surface area (Å²) in [5, 5.41) is 3.64. The van der Waals surface area contributed by atoms with E-state index in [2.05, 4.69) is 15.3 Å². The third-order valence-corrected chi connectivity index (χ3v) is 5.47. The van der Waals surface area contributed by atoms with Crippen LogP contribution in [-0.2, 0) is 11.2 Å². The third-order valence-electron chi connectivity index (χ3n) is 5.19. The van der Waals surface area contributed by atoms with Crippen LogP contribution >= 0.6 is 11.6 Å². The number of ether oxygens (including phenoxy) is 1. The van der Waals surface area contributed by atoms with Gasteiger partial charge < -0.3 is 10.1 Å². The van der Waals surface area contributed by atoms with Crippen molar-refractivity contribution < 1.29 is 9.53 Å². The first-order valence-electron chi connectivity index (χ1n) is 9.24. The molecule has 1 aromatic heterocycles. The molecule has 1 amide bonds. The predicted octanol–water partition coefficient (Wildman–Crippen LogP) is 3.80. The second-order valence-corrected chi connectivity index (χ2v) is 7.47. The largest absolute Gasteiger partial charge is 0.486 e. The van der Waals surface area contributed by atoms with E-state index in [1.807, 2.05) is 12.1 Å². The Hall–Kier alpha value is -2.14. The summed E-state index contributed by atoms with van der Waals surface area (Å²) in [7, 11) is 0. The fourth-order valence-corrected chi connectivity index (χ4v) is 4.10. The number of rotatable bonds is 4. The van der Waals surface area contributed by atoms with Crippen LogP contribution in [0.2, 0.25) is 5.02 Å². The van der Waals surface area contributed by atoms with Gasteiger partial charge in [-0.2, -0.15) is 0 Å². The maximum atomic E-state index is 12.3. The molecule has 1 fully saturated rings. The topological polar surface area (TPSA) is 64.1 Å². The summed E-state index contributed by atoms with van der Waals surface area (Å²) in [6, 6.07) is 3.90. The van der Waals surface area contributed by atoms with Gasteiger partial charge in [-0.05, 0) is 25.0 Å². The van der Waals surface area contributed by atoms with Crippen molar-refractivity contribution in [2.24, 2.45) is 5.92 Å². The van der Waals surface area contributed by atoms with E-state index in [0.717, 1.165) is 54.7 Å². The second-order valence-electron chi connectivity index (χ2n) is 7.06. The number of carbonyl (C=O) groups is 1. The number of fused-ring (bicyclic) bond motifs is 1. The highest BCUT2D eigenvalue weighted by molar-refractivity contribution is 6.32. The van der Waals surface area contributed by atoms with E-state index in [1.165, 1.54) is 6.42 Å². The quantitative estimate of drug-likeness (QED) is 0.887. The van der Waals surface area contributed by atoms with Crippen LogP contribution in [0, 0.1) is 5.92 Å². The summed E-state index contributed by atoms with van der Waals surface area (Å²) in [6.07, 6.45) is 11.3. The molecular formula is C20H22ClN3O2. The van der Waals surface area contributed by atoms with Crippen LogP contribution in [0.3, 0.4) is 0 Å². The number of aromatic nitrogens is 2. The molecule has 2 aliphatic rings. The lowest BCUT2D eigenvalue weighted by Gasteiger charge is -2.21. The smallest absolute Gasteiger partial charge is 0.223 e. The number of benzene rings is 1. The first-order chi connectivity index (χ1) is 12.7. The van der Waals surface area contributed by atoms with Gasteiger partial charge in [-0.15, -0.1) is 0 Å². The lowest BCUT2D eigenvalue weighted by Crippen LogP contribution is -2.38. The van der Waals surface area contributed by atoms with Crippen LogP contribution < -0.4 is 10.1 Å². The maximum absolute atomic E-state index is 12.3. The van der Waals surface area contributed by atoms with Crippen molar-refractivity contribution in [2.45, 2.75) is 44.6 Å². The fourth-order valence-electron chi connectivity index (χ4n) is 3.82. The highest BCUT2D eigenvalue weighted by Crippen LogP contribution is 2.39. The van der Waals surface area contributed by atoms with E-state index in [9.17, 15) is 4.79 Å². The van der Waals surface area contributed by atoms with E-state index in [0.29, 0.717) is 11.6 Å². The van der Waals surface area contributed by atoms with Gasteiger partial charge in [-0.3, -0.25) is 14.8 Å². The van der Waals surface area contributed by atoms with E-state index >= 15 is 0 Å². The molecule has 6 heteroatoms. The van der Waals surface area contributed by atoms with Gasteiger partial charge in [0.2, 0.25) is 5.91 Å². The Balaban J connectivity index is 1.41. The van der Waals surface area contributed by atoms with E-state index in [4.69, 9.17) is 16.3 Å². The lowest BCUT2D eigenvalue weighted by atomic mass is 9.88. The average Bonchev–Trinajstić information content (AvgIpc) is 3.11. The lowest BCUT2D eigenvalue weighted by molar-refractivity contribution is -0.126. The molecular weight excluding hydrogens is 350 g/mol. The zero-order chi connectivity index (χ0) is 17.9. The molecule has 0 spiro atoms. The molecule has 1 aromatic carbocycles. The van der Waals surface area contributed by atoms with Crippen LogP contribution in [0.25, 0.3) is 11.3 Å². The summed E-state index contributed by atoms with van der Waals surface area (Å²) >= 11 is 6.41. The van der Waals surface area contributed by atoms with Crippen LogP contribution in [0.15, 0.2) is 30.7 Å². The number of halogens is 1. The van der Waals surface area contributed by atoms with Gasteiger partial charge in [0, 0.05) is 35.9 Å². The monoisotopic (exact) mass is 371 g/mol. The molecule has 0 radical (unpaired) electrons. The molecule has 4 rings (SSSR count). The van der Waals surface area contributed by atoms with Crippen molar-refractivity contribution in [1.82, 2.24) is 15.3 Å². The van der Waals surface area contributed by atoms with Crippen molar-refractivity contribution in [2.75, 3.05) is 6.54 Å². The van der Waals surface area contributed by atoms with Crippen molar-refractivity contribution in [3.05, 3.63) is 41.3 Å². The second kappa shape index (κ2) is 7.62. The highest BCUT2D eigenvalue weighted by Gasteiger charge is 2.28. The SMILES string of the molecule is O=C(NCC1Cc2cc(-c3cnccn3)cc(Cl)c2O1)C1CCCCC1. The molecule has 1 unspecified atom stereocenters. The number of nitrogens with one attached hydrogen (secondary N) is 1. The zero-order valence-electron chi connectivity index (χ0n) is 14.6. The van der Waals surface area contributed by atoms with Gasteiger partial charge in [-0.25, -0.2) is 0 Å². The molecule has 136 valence electrons. The van der Waals surface area contributed by atoms with Gasteiger partial charge in [-0.1, -0.05) is 30.9 Å². The molecule has 0 bridgehead atoms. The van der Waals surface area contributed by atoms with E-state index in [-0.39, 0.29) is 17.9 Å². The van der Waals surface area contributed by atoms with E-state index in [1.54, 1.807) is 18.6 Å². The molecule has 0 saturated heterocycles. The fraction of sp³-hybridized carbons (Fsp3) is 0.450. The minimum Gasteiger partial charge on any atom is -0.486 e. The molecule has 26 heavy (non-hydrogen) atoms. The Kier molecular flexibility index (Phi) is 5.07. The third kappa shape index (κ3) is 3.68. The Bertz CT molecular complexity index is 791. The Labute approximate surface area is 158 Å². The number of carbonyl (C=O) groups excluding carboxylic acids is 1. The minimum absolute atomic E-state index is 0.0767. The van der Waals surface area contributed by atoms with Crippen LogP contribution in [0.5, 0.6) is 5.75 Å². The number of hydrogen-bond donors (Lipinski definition) is 1. The molecule has 1 aliphatic carbocycles. The molecule has 5 nitrogen and oxygen atoms in total. The van der Waals surface area contributed by atoms with Gasteiger partial charge in [0.25, 0.3) is 0 Å². The van der Waals surface area contributed by atoms with Crippen molar-refractivity contribution in [1.29, 1.82) is 0 Å². The summed E-state index contributed by atoms with van der Waals surface area (Å²) in [5.74, 6) is 1.05. The Morgan fingerprint density at radius 3 is 2.85 bits per heavy atom. The van der Waals surface area contributed by atoms with E-state index < -0.39 is 0 Å². The zero-order valence-corrected chi connectivity index (χ0v) is 15.3. The van der Waals surface area contributed by atoms with Crippen LogP contribution in [0.4, 0.5) is 0 Å². The molecule has 2 aromatic rings. The van der Waals surface area contributed by atoms with Gasteiger partial charge in [0.1, 0.15) is 11.9 Å². The molecule has 1 atom stereocenters. The molecule has 2 heterocycles. The maximum Gasteiger partial charge on any atom is 0.223 e. The highest BCUT2D eigenvalue weighted by atomic mass is 35.5. The average molecular weight is 372 g/mol. The van der Waals surface area contributed by atoms with Gasteiger partial charge in [0.15, 0.2) is 0 Å². The standard InChI is InChI=1S/C20H22ClN3O2/c21-17-10-14(18-12-22-6-7-23-18)8-15-9-16(26-19(15)17)11-24-20(25)13-4-2-1-3-5-13/h6-8,10,12-13,16H,1-5,9,11H2,(H,24,25).